The molecule has 40 heavy (non-hydrogen) atoms. The molecule has 0 amide bonds. The quantitative estimate of drug-likeness (QED) is 0.150. The fourth-order valence-corrected chi connectivity index (χ4v) is 4.76. The summed E-state index contributed by atoms with van der Waals surface area (Å²) in [6.07, 6.45) is 0. The highest BCUT2D eigenvalue weighted by atomic mass is 79.9. The summed E-state index contributed by atoms with van der Waals surface area (Å²) in [6, 6.07) is 31.5. The molecule has 0 atom stereocenters. The Hall–Kier alpha value is -4.40. The van der Waals surface area contributed by atoms with Gasteiger partial charge in [-0.1, -0.05) is 48.5 Å². The summed E-state index contributed by atoms with van der Waals surface area (Å²) in [4.78, 5) is 0. The van der Waals surface area contributed by atoms with Gasteiger partial charge in [-0.2, -0.15) is 0 Å². The molecule has 6 nitrogen and oxygen atoms in total. The molecule has 0 unspecified atom stereocenters. The Morgan fingerprint density at radius 3 is 1.18 bits per heavy atom. The first-order valence-electron chi connectivity index (χ1n) is 12.0. The van der Waals surface area contributed by atoms with E-state index in [0.29, 0.717) is 31.9 Å². The lowest BCUT2D eigenvalue weighted by molar-refractivity contribution is 0.455. The molecular formula is C32H22Br2O6. The van der Waals surface area contributed by atoms with Gasteiger partial charge in [0.05, 0.1) is 8.95 Å². The minimum Gasteiger partial charge on any atom is -0.507 e. The van der Waals surface area contributed by atoms with Gasteiger partial charge in [0, 0.05) is 21.5 Å². The third kappa shape index (κ3) is 5.93. The SMILES string of the molecule is Oc1ccc(Oc2ccc(O)c(Br)c2)cc1Br.Oc1ccc(Oc2ccc(O)c3ccccc23)c2ccccc12. The van der Waals surface area contributed by atoms with Gasteiger partial charge in [0.25, 0.3) is 0 Å². The fraction of sp³-hybridized carbons (Fsp3) is 0. The minimum absolute atomic E-state index is 0.157. The maximum atomic E-state index is 9.98. The van der Waals surface area contributed by atoms with E-state index in [1.165, 1.54) is 12.1 Å². The molecule has 200 valence electrons. The van der Waals surface area contributed by atoms with E-state index in [9.17, 15) is 20.4 Å². The average Bonchev–Trinajstić information content (AvgIpc) is 2.96. The van der Waals surface area contributed by atoms with Crippen LogP contribution in [0, 0.1) is 0 Å². The Bertz CT molecular complexity index is 1700. The van der Waals surface area contributed by atoms with E-state index in [4.69, 9.17) is 9.47 Å². The number of phenols is 4. The van der Waals surface area contributed by atoms with Crippen molar-refractivity contribution < 1.29 is 29.9 Å². The van der Waals surface area contributed by atoms with Gasteiger partial charge in [0.2, 0.25) is 0 Å². The number of hydrogen-bond acceptors (Lipinski definition) is 6. The van der Waals surface area contributed by atoms with Crippen LogP contribution < -0.4 is 9.47 Å². The smallest absolute Gasteiger partial charge is 0.135 e. The summed E-state index contributed by atoms with van der Waals surface area (Å²) in [5, 5.41) is 41.8. The molecule has 0 saturated heterocycles. The van der Waals surface area contributed by atoms with Gasteiger partial charge in [0.1, 0.15) is 46.0 Å². The van der Waals surface area contributed by atoms with Crippen molar-refractivity contribution in [2.24, 2.45) is 0 Å². The number of halogens is 2. The Kier molecular flexibility index (Phi) is 8.00. The molecule has 0 saturated carbocycles. The average molecular weight is 662 g/mol. The van der Waals surface area contributed by atoms with Crippen LogP contribution in [0.25, 0.3) is 21.5 Å². The van der Waals surface area contributed by atoms with Crippen molar-refractivity contribution >= 4 is 53.4 Å². The number of fused-ring (bicyclic) bond motifs is 2. The van der Waals surface area contributed by atoms with Crippen LogP contribution in [0.15, 0.2) is 118 Å². The van der Waals surface area contributed by atoms with Crippen LogP contribution in [0.1, 0.15) is 0 Å². The van der Waals surface area contributed by atoms with Crippen molar-refractivity contribution in [1.82, 2.24) is 0 Å². The molecule has 6 aromatic carbocycles. The van der Waals surface area contributed by atoms with Crippen LogP contribution in [0.5, 0.6) is 46.0 Å². The van der Waals surface area contributed by atoms with E-state index in [1.807, 2.05) is 48.5 Å². The van der Waals surface area contributed by atoms with Gasteiger partial charge < -0.3 is 29.9 Å². The first kappa shape index (κ1) is 27.2. The molecule has 6 rings (SSSR count). The first-order valence-corrected chi connectivity index (χ1v) is 13.6. The Balaban J connectivity index is 0.000000170. The monoisotopic (exact) mass is 660 g/mol. The van der Waals surface area contributed by atoms with E-state index in [-0.39, 0.29) is 23.0 Å². The standard InChI is InChI=1S/C20H14O3.C12H8Br2O3/c21-17-9-11-19(15-7-3-1-5-13(15)17)23-20-12-10-18(22)14-6-2-4-8-16(14)20;13-9-5-7(1-3-11(9)15)17-8-2-4-12(16)10(14)6-8/h1-12,21-22H;1-6,15-16H. The summed E-state index contributed by atoms with van der Waals surface area (Å²) in [5.74, 6) is 3.27. The van der Waals surface area contributed by atoms with E-state index < -0.39 is 0 Å². The maximum absolute atomic E-state index is 9.98. The maximum Gasteiger partial charge on any atom is 0.135 e. The third-order valence-corrected chi connectivity index (χ3v) is 7.29. The van der Waals surface area contributed by atoms with Gasteiger partial charge in [-0.3, -0.25) is 0 Å². The molecule has 0 radical (unpaired) electrons. The normalized spacial score (nSPS) is 10.7. The topological polar surface area (TPSA) is 99.4 Å². The van der Waals surface area contributed by atoms with Crippen LogP contribution in [-0.4, -0.2) is 20.4 Å². The summed E-state index contributed by atoms with van der Waals surface area (Å²) in [6.45, 7) is 0. The molecule has 0 bridgehead atoms. The number of aromatic hydroxyl groups is 4. The number of rotatable bonds is 4. The van der Waals surface area contributed by atoms with Crippen molar-refractivity contribution in [2.75, 3.05) is 0 Å². The summed E-state index contributed by atoms with van der Waals surface area (Å²) < 4.78 is 12.8. The van der Waals surface area contributed by atoms with Crippen LogP contribution >= 0.6 is 31.9 Å². The molecule has 4 N–H and O–H groups in total. The second-order valence-electron chi connectivity index (χ2n) is 8.69. The Morgan fingerprint density at radius 1 is 0.400 bits per heavy atom. The third-order valence-electron chi connectivity index (χ3n) is 6.02. The predicted molar refractivity (Wildman–Crippen MR) is 163 cm³/mol. The van der Waals surface area contributed by atoms with Crippen molar-refractivity contribution in [3.05, 3.63) is 118 Å². The highest BCUT2D eigenvalue weighted by Crippen LogP contribution is 2.39. The molecule has 0 aliphatic carbocycles. The van der Waals surface area contributed by atoms with E-state index in [2.05, 4.69) is 31.9 Å². The zero-order chi connectivity index (χ0) is 28.2. The summed E-state index contributed by atoms with van der Waals surface area (Å²) >= 11 is 6.41. The lowest BCUT2D eigenvalue weighted by Gasteiger charge is -2.12. The van der Waals surface area contributed by atoms with Crippen molar-refractivity contribution in [2.45, 2.75) is 0 Å². The predicted octanol–water partition coefficient (Wildman–Crippen LogP) is 9.61. The van der Waals surface area contributed by atoms with Gasteiger partial charge >= 0.3 is 0 Å². The van der Waals surface area contributed by atoms with Crippen molar-refractivity contribution in [3.8, 4) is 46.0 Å². The molecule has 6 aromatic rings. The zero-order valence-corrected chi connectivity index (χ0v) is 23.9. The molecule has 0 aliphatic heterocycles. The van der Waals surface area contributed by atoms with Crippen molar-refractivity contribution in [1.29, 1.82) is 0 Å². The minimum atomic E-state index is 0.157. The summed E-state index contributed by atoms with van der Waals surface area (Å²) in [7, 11) is 0. The lowest BCUT2D eigenvalue weighted by atomic mass is 10.1. The molecule has 0 aromatic heterocycles. The largest absolute Gasteiger partial charge is 0.507 e. The number of benzene rings is 6. The summed E-state index contributed by atoms with van der Waals surface area (Å²) in [5.41, 5.74) is 0. The van der Waals surface area contributed by atoms with Crippen LogP contribution in [-0.2, 0) is 0 Å². The van der Waals surface area contributed by atoms with Crippen LogP contribution in [0.3, 0.4) is 0 Å². The molecule has 8 heteroatoms. The second kappa shape index (κ2) is 11.8. The molecule has 0 spiro atoms. The zero-order valence-electron chi connectivity index (χ0n) is 20.8. The van der Waals surface area contributed by atoms with E-state index in [0.717, 1.165) is 21.5 Å². The van der Waals surface area contributed by atoms with E-state index >= 15 is 0 Å². The van der Waals surface area contributed by atoms with Crippen LogP contribution in [0.2, 0.25) is 0 Å². The van der Waals surface area contributed by atoms with Gasteiger partial charge in [-0.15, -0.1) is 0 Å². The molecule has 0 aliphatic rings. The van der Waals surface area contributed by atoms with E-state index in [1.54, 1.807) is 48.5 Å². The fourth-order valence-electron chi connectivity index (χ4n) is 4.05. The van der Waals surface area contributed by atoms with Gasteiger partial charge in [0.15, 0.2) is 0 Å². The molecule has 0 fully saturated rings. The van der Waals surface area contributed by atoms with Crippen molar-refractivity contribution in [3.63, 3.8) is 0 Å². The second-order valence-corrected chi connectivity index (χ2v) is 10.4. The highest BCUT2D eigenvalue weighted by Gasteiger charge is 2.10. The first-order chi connectivity index (χ1) is 19.3. The van der Waals surface area contributed by atoms with Gasteiger partial charge in [-0.25, -0.2) is 0 Å². The Labute approximate surface area is 246 Å². The number of hydrogen-bond donors (Lipinski definition) is 4. The number of phenolic OH excluding ortho intramolecular Hbond substituents is 4. The molecule has 0 heterocycles. The lowest BCUT2D eigenvalue weighted by Crippen LogP contribution is -1.88. The molecular weight excluding hydrogens is 640 g/mol. The van der Waals surface area contributed by atoms with Gasteiger partial charge in [-0.05, 0) is 92.5 Å². The number of ether oxygens (including phenoxy) is 2. The highest BCUT2D eigenvalue weighted by molar-refractivity contribution is 9.10. The Morgan fingerprint density at radius 2 is 0.775 bits per heavy atom. The van der Waals surface area contributed by atoms with Crippen LogP contribution in [0.4, 0.5) is 0 Å².